The van der Waals surface area contributed by atoms with Crippen molar-refractivity contribution < 1.29 is 9.53 Å². The fourth-order valence-electron chi connectivity index (χ4n) is 2.07. The van der Waals surface area contributed by atoms with Crippen LogP contribution in [-0.2, 0) is 0 Å². The van der Waals surface area contributed by atoms with Gasteiger partial charge in [-0.05, 0) is 18.2 Å². The first-order chi connectivity index (χ1) is 10.1. The van der Waals surface area contributed by atoms with Crippen molar-refractivity contribution >= 4 is 27.4 Å². The van der Waals surface area contributed by atoms with Crippen LogP contribution in [0.4, 0.5) is 5.69 Å². The average Bonchev–Trinajstić information content (AvgIpc) is 2.52. The molecule has 0 spiro atoms. The number of ketones is 1. The largest absolute Gasteiger partial charge is 0.497 e. The molecule has 0 aliphatic rings. The molecule has 0 unspecified atom stereocenters. The highest BCUT2D eigenvalue weighted by Gasteiger charge is 2.11. The Morgan fingerprint density at radius 1 is 1.19 bits per heavy atom. The molecule has 21 heavy (non-hydrogen) atoms. The van der Waals surface area contributed by atoms with Crippen LogP contribution < -0.4 is 9.64 Å². The Hall–Kier alpha value is -1.81. The molecule has 0 fully saturated rings. The fraction of sp³-hybridized carbons (Fsp3) is 0.235. The van der Waals surface area contributed by atoms with Crippen LogP contribution in [0.15, 0.2) is 53.0 Å². The average molecular weight is 348 g/mol. The van der Waals surface area contributed by atoms with Gasteiger partial charge < -0.3 is 9.64 Å². The molecule has 0 aliphatic carbocycles. The van der Waals surface area contributed by atoms with E-state index in [9.17, 15) is 4.79 Å². The minimum Gasteiger partial charge on any atom is -0.497 e. The maximum Gasteiger partial charge on any atom is 0.165 e. The molecule has 0 radical (unpaired) electrons. The summed E-state index contributed by atoms with van der Waals surface area (Å²) in [7, 11) is 3.62. The molecule has 110 valence electrons. The van der Waals surface area contributed by atoms with Gasteiger partial charge in [0.1, 0.15) is 5.75 Å². The number of methoxy groups -OCH3 is 1. The van der Waals surface area contributed by atoms with E-state index in [1.807, 2.05) is 55.6 Å². The number of anilines is 1. The molecule has 0 N–H and O–H groups in total. The summed E-state index contributed by atoms with van der Waals surface area (Å²) >= 11 is 3.42. The molecule has 3 nitrogen and oxygen atoms in total. The molecule has 2 rings (SSSR count). The van der Waals surface area contributed by atoms with Gasteiger partial charge in [-0.1, -0.05) is 40.2 Å². The van der Waals surface area contributed by atoms with Gasteiger partial charge in [0.15, 0.2) is 5.78 Å². The summed E-state index contributed by atoms with van der Waals surface area (Å²) in [6.07, 6.45) is 0.469. The first kappa shape index (κ1) is 15.6. The van der Waals surface area contributed by atoms with Gasteiger partial charge in [0.05, 0.1) is 7.11 Å². The Morgan fingerprint density at radius 3 is 2.67 bits per heavy atom. The number of rotatable bonds is 6. The Balaban J connectivity index is 1.99. The van der Waals surface area contributed by atoms with Crippen molar-refractivity contribution in [3.05, 3.63) is 58.6 Å². The van der Waals surface area contributed by atoms with E-state index in [0.29, 0.717) is 13.0 Å². The van der Waals surface area contributed by atoms with Crippen molar-refractivity contribution in [3.63, 3.8) is 0 Å². The van der Waals surface area contributed by atoms with Crippen LogP contribution in [0.3, 0.4) is 0 Å². The lowest BCUT2D eigenvalue weighted by Gasteiger charge is -2.19. The predicted molar refractivity (Wildman–Crippen MR) is 89.4 cm³/mol. The lowest BCUT2D eigenvalue weighted by molar-refractivity contribution is 0.0984. The quantitative estimate of drug-likeness (QED) is 0.734. The summed E-state index contributed by atoms with van der Waals surface area (Å²) in [6.45, 7) is 0.660. The molecule has 0 saturated carbocycles. The summed E-state index contributed by atoms with van der Waals surface area (Å²) < 4.78 is 6.06. The highest BCUT2D eigenvalue weighted by molar-refractivity contribution is 9.10. The second-order valence-corrected chi connectivity index (χ2v) is 5.63. The number of ether oxygens (including phenoxy) is 1. The van der Waals surface area contributed by atoms with Crippen molar-refractivity contribution in [2.75, 3.05) is 25.6 Å². The third-order valence-corrected chi connectivity index (χ3v) is 4.03. The number of nitrogens with zero attached hydrogens (tertiary/aromatic N) is 1. The van der Waals surface area contributed by atoms with Crippen molar-refractivity contribution in [3.8, 4) is 5.75 Å². The van der Waals surface area contributed by atoms with Crippen LogP contribution in [0.2, 0.25) is 0 Å². The minimum absolute atomic E-state index is 0.136. The van der Waals surface area contributed by atoms with Crippen LogP contribution in [0, 0.1) is 0 Å². The molecule has 2 aromatic carbocycles. The predicted octanol–water partition coefficient (Wildman–Crippen LogP) is 4.17. The van der Waals surface area contributed by atoms with Gasteiger partial charge in [-0.25, -0.2) is 0 Å². The summed E-state index contributed by atoms with van der Waals surface area (Å²) in [5, 5.41) is 0. The summed E-state index contributed by atoms with van der Waals surface area (Å²) in [5.74, 6) is 0.953. The smallest absolute Gasteiger partial charge is 0.165 e. The third-order valence-electron chi connectivity index (χ3n) is 3.34. The van der Waals surface area contributed by atoms with Crippen molar-refractivity contribution in [2.45, 2.75) is 6.42 Å². The summed E-state index contributed by atoms with van der Waals surface area (Å²) in [4.78, 5) is 14.3. The van der Waals surface area contributed by atoms with Gasteiger partial charge in [0.25, 0.3) is 0 Å². The van der Waals surface area contributed by atoms with Crippen molar-refractivity contribution in [1.29, 1.82) is 0 Å². The Labute approximate surface area is 133 Å². The number of carbonyl (C=O) groups is 1. The monoisotopic (exact) mass is 347 g/mol. The first-order valence-electron chi connectivity index (χ1n) is 6.74. The highest BCUT2D eigenvalue weighted by atomic mass is 79.9. The van der Waals surface area contributed by atoms with E-state index in [4.69, 9.17) is 4.74 Å². The van der Waals surface area contributed by atoms with Crippen LogP contribution in [0.1, 0.15) is 16.8 Å². The lowest BCUT2D eigenvalue weighted by Crippen LogP contribution is -2.21. The molecule has 0 amide bonds. The molecule has 0 bridgehead atoms. The van der Waals surface area contributed by atoms with E-state index in [1.54, 1.807) is 7.11 Å². The number of Topliss-reactive ketones (excluding diaryl/α,β-unsaturated/α-hetero) is 1. The minimum atomic E-state index is 0.136. The van der Waals surface area contributed by atoms with Crippen LogP contribution in [-0.4, -0.2) is 26.5 Å². The molecule has 2 aromatic rings. The van der Waals surface area contributed by atoms with Crippen molar-refractivity contribution in [2.24, 2.45) is 0 Å². The van der Waals surface area contributed by atoms with Gasteiger partial charge >= 0.3 is 0 Å². The highest BCUT2D eigenvalue weighted by Crippen LogP contribution is 2.21. The molecule has 0 aromatic heterocycles. The summed E-state index contributed by atoms with van der Waals surface area (Å²) in [5.41, 5.74) is 1.77. The van der Waals surface area contributed by atoms with E-state index in [-0.39, 0.29) is 5.78 Å². The summed E-state index contributed by atoms with van der Waals surface area (Å²) in [6, 6.07) is 15.3. The van der Waals surface area contributed by atoms with E-state index >= 15 is 0 Å². The maximum atomic E-state index is 12.2. The standard InChI is InChI=1S/C17H18BrNO2/c1-19(13-6-5-7-14(12-13)21-2)11-10-17(20)15-8-3-4-9-16(15)18/h3-9,12H,10-11H2,1-2H3. The Kier molecular flexibility index (Phi) is 5.39. The second kappa shape index (κ2) is 7.27. The normalized spacial score (nSPS) is 10.2. The second-order valence-electron chi connectivity index (χ2n) is 4.78. The molecule has 4 heteroatoms. The number of hydrogen-bond acceptors (Lipinski definition) is 3. The zero-order chi connectivity index (χ0) is 15.2. The van der Waals surface area contributed by atoms with E-state index in [2.05, 4.69) is 20.8 Å². The van der Waals surface area contributed by atoms with Crippen molar-refractivity contribution in [1.82, 2.24) is 0 Å². The van der Waals surface area contributed by atoms with Gasteiger partial charge in [0.2, 0.25) is 0 Å². The fourth-order valence-corrected chi connectivity index (χ4v) is 2.57. The SMILES string of the molecule is COc1cccc(N(C)CCC(=O)c2ccccc2Br)c1. The van der Waals surface area contributed by atoms with Crippen LogP contribution in [0.25, 0.3) is 0 Å². The topological polar surface area (TPSA) is 29.5 Å². The van der Waals surface area contributed by atoms with Gasteiger partial charge in [0, 0.05) is 41.8 Å². The van der Waals surface area contributed by atoms with E-state index < -0.39 is 0 Å². The Morgan fingerprint density at radius 2 is 1.95 bits per heavy atom. The molecule has 0 aliphatic heterocycles. The third kappa shape index (κ3) is 4.08. The number of hydrogen-bond donors (Lipinski definition) is 0. The molecule has 0 atom stereocenters. The zero-order valence-corrected chi connectivity index (χ0v) is 13.8. The molecule has 0 saturated heterocycles. The number of carbonyl (C=O) groups excluding carboxylic acids is 1. The maximum absolute atomic E-state index is 12.2. The molecular formula is C17H18BrNO2. The zero-order valence-electron chi connectivity index (χ0n) is 12.2. The van der Waals surface area contributed by atoms with Gasteiger partial charge in [-0.2, -0.15) is 0 Å². The van der Waals surface area contributed by atoms with Gasteiger partial charge in [-0.3, -0.25) is 4.79 Å². The van der Waals surface area contributed by atoms with Crippen LogP contribution in [0.5, 0.6) is 5.75 Å². The number of halogens is 1. The molecule has 0 heterocycles. The van der Waals surface area contributed by atoms with Gasteiger partial charge in [-0.15, -0.1) is 0 Å². The Bertz CT molecular complexity index is 628. The number of benzene rings is 2. The molecular weight excluding hydrogens is 330 g/mol. The van der Waals surface area contributed by atoms with Crippen LogP contribution >= 0.6 is 15.9 Å². The first-order valence-corrected chi connectivity index (χ1v) is 7.54. The van der Waals surface area contributed by atoms with E-state index in [0.717, 1.165) is 21.5 Å². The lowest BCUT2D eigenvalue weighted by atomic mass is 10.1. The van der Waals surface area contributed by atoms with E-state index in [1.165, 1.54) is 0 Å².